The first kappa shape index (κ1) is 20.5. The quantitative estimate of drug-likeness (QED) is 0.118. The van der Waals surface area contributed by atoms with E-state index >= 15 is 0 Å². The molecule has 162 valence electrons. The molecule has 1 heterocycles. The van der Waals surface area contributed by atoms with Gasteiger partial charge in [-0.05, 0) is 64.9 Å². The van der Waals surface area contributed by atoms with Crippen molar-refractivity contribution in [3.63, 3.8) is 0 Å². The molecule has 0 bridgehead atoms. The Bertz CT molecular complexity index is 1910. The van der Waals surface area contributed by atoms with Crippen LogP contribution < -0.4 is 5.63 Å². The molecule has 3 heteroatoms. The molecule has 0 saturated carbocycles. The summed E-state index contributed by atoms with van der Waals surface area (Å²) in [5.41, 5.74) is 4.15. The SMILES string of the molecule is N#Cc1ccc(C#Cc2ccc3c(c2)oc(=O)c2c(-c4ccccc4)c4ccccc4cc23)cc1. The minimum absolute atomic E-state index is 0.366. The molecule has 0 atom stereocenters. The van der Waals surface area contributed by atoms with Crippen LogP contribution in [0.3, 0.4) is 0 Å². The van der Waals surface area contributed by atoms with Crippen LogP contribution in [0, 0.1) is 23.2 Å². The minimum Gasteiger partial charge on any atom is -0.422 e. The maximum absolute atomic E-state index is 13.4. The summed E-state index contributed by atoms with van der Waals surface area (Å²) in [6, 6.07) is 35.1. The molecule has 0 aliphatic rings. The second-order valence-corrected chi connectivity index (χ2v) is 8.30. The van der Waals surface area contributed by atoms with Gasteiger partial charge in [0.1, 0.15) is 5.58 Å². The fraction of sp³-hybridized carbons (Fsp3) is 0. The zero-order valence-corrected chi connectivity index (χ0v) is 18.6. The van der Waals surface area contributed by atoms with Gasteiger partial charge >= 0.3 is 5.63 Å². The average Bonchev–Trinajstić information content (AvgIpc) is 2.91. The minimum atomic E-state index is -0.366. The van der Waals surface area contributed by atoms with Gasteiger partial charge in [-0.1, -0.05) is 66.4 Å². The zero-order chi connectivity index (χ0) is 23.8. The van der Waals surface area contributed by atoms with Gasteiger partial charge in [-0.3, -0.25) is 0 Å². The molecule has 6 rings (SSSR count). The topological polar surface area (TPSA) is 54.0 Å². The van der Waals surface area contributed by atoms with E-state index in [0.717, 1.165) is 43.8 Å². The van der Waals surface area contributed by atoms with Gasteiger partial charge in [0.05, 0.1) is 17.0 Å². The molecule has 0 spiro atoms. The van der Waals surface area contributed by atoms with E-state index in [0.29, 0.717) is 16.5 Å². The standard InChI is InChI=1S/C32H17NO2/c33-20-23-14-11-21(12-15-23)10-13-22-16-17-27-28-19-25-8-4-5-9-26(25)30(24-6-2-1-3-7-24)31(28)32(34)35-29(27)18-22/h1-9,11-12,14-19H. The molecule has 0 amide bonds. The fourth-order valence-corrected chi connectivity index (χ4v) is 4.51. The molecule has 1 aromatic heterocycles. The van der Waals surface area contributed by atoms with Gasteiger partial charge in [-0.2, -0.15) is 5.26 Å². The molecule has 6 aromatic rings. The summed E-state index contributed by atoms with van der Waals surface area (Å²) in [5, 5.41) is 13.3. The van der Waals surface area contributed by atoms with Crippen LogP contribution in [-0.4, -0.2) is 0 Å². The lowest BCUT2D eigenvalue weighted by Crippen LogP contribution is -2.03. The van der Waals surface area contributed by atoms with Gasteiger partial charge in [0, 0.05) is 27.5 Å². The maximum Gasteiger partial charge on any atom is 0.344 e. The van der Waals surface area contributed by atoms with E-state index in [1.807, 2.05) is 78.9 Å². The van der Waals surface area contributed by atoms with Crippen molar-refractivity contribution in [1.29, 1.82) is 5.26 Å². The number of hydrogen-bond acceptors (Lipinski definition) is 3. The average molecular weight is 447 g/mol. The summed E-state index contributed by atoms with van der Waals surface area (Å²) < 4.78 is 5.85. The first-order chi connectivity index (χ1) is 17.2. The summed E-state index contributed by atoms with van der Waals surface area (Å²) in [6.45, 7) is 0. The predicted octanol–water partition coefficient (Wildman–Crippen LogP) is 7.04. The summed E-state index contributed by atoms with van der Waals surface area (Å²) in [4.78, 5) is 13.4. The summed E-state index contributed by atoms with van der Waals surface area (Å²) in [5.74, 6) is 6.23. The molecule has 0 aliphatic carbocycles. The highest BCUT2D eigenvalue weighted by Gasteiger charge is 2.16. The highest BCUT2D eigenvalue weighted by Crippen LogP contribution is 2.37. The van der Waals surface area contributed by atoms with E-state index < -0.39 is 0 Å². The van der Waals surface area contributed by atoms with Crippen molar-refractivity contribution in [2.45, 2.75) is 0 Å². The van der Waals surface area contributed by atoms with Crippen LogP contribution >= 0.6 is 0 Å². The first-order valence-corrected chi connectivity index (χ1v) is 11.2. The van der Waals surface area contributed by atoms with Crippen LogP contribution in [-0.2, 0) is 0 Å². The lowest BCUT2D eigenvalue weighted by molar-refractivity contribution is 0.570. The van der Waals surface area contributed by atoms with Crippen molar-refractivity contribution in [1.82, 2.24) is 0 Å². The van der Waals surface area contributed by atoms with Crippen LogP contribution in [0.25, 0.3) is 43.6 Å². The largest absolute Gasteiger partial charge is 0.422 e. The molecule has 0 aliphatic heterocycles. The van der Waals surface area contributed by atoms with Crippen LogP contribution in [0.5, 0.6) is 0 Å². The van der Waals surface area contributed by atoms with Crippen LogP contribution in [0.15, 0.2) is 112 Å². The highest BCUT2D eigenvalue weighted by atomic mass is 16.4. The maximum atomic E-state index is 13.4. The Balaban J connectivity index is 1.58. The molecular weight excluding hydrogens is 430 g/mol. The Kier molecular flexibility index (Phi) is 4.88. The van der Waals surface area contributed by atoms with Gasteiger partial charge < -0.3 is 4.42 Å². The van der Waals surface area contributed by atoms with E-state index in [-0.39, 0.29) is 5.63 Å². The third-order valence-electron chi connectivity index (χ3n) is 6.16. The second kappa shape index (κ2) is 8.34. The normalized spacial score (nSPS) is 10.7. The Morgan fingerprint density at radius 1 is 0.629 bits per heavy atom. The van der Waals surface area contributed by atoms with Crippen LogP contribution in [0.4, 0.5) is 0 Å². The van der Waals surface area contributed by atoms with E-state index in [9.17, 15) is 4.79 Å². The summed E-state index contributed by atoms with van der Waals surface area (Å²) in [6.07, 6.45) is 0. The Morgan fingerprint density at radius 3 is 2.11 bits per heavy atom. The number of nitriles is 1. The fourth-order valence-electron chi connectivity index (χ4n) is 4.51. The monoisotopic (exact) mass is 447 g/mol. The number of hydrogen-bond donors (Lipinski definition) is 0. The molecule has 0 fully saturated rings. The summed E-state index contributed by atoms with van der Waals surface area (Å²) >= 11 is 0. The van der Waals surface area contributed by atoms with Gasteiger partial charge in [0.2, 0.25) is 0 Å². The first-order valence-electron chi connectivity index (χ1n) is 11.2. The van der Waals surface area contributed by atoms with Crippen molar-refractivity contribution < 1.29 is 4.42 Å². The Hall–Kier alpha value is -5.12. The molecule has 0 radical (unpaired) electrons. The smallest absolute Gasteiger partial charge is 0.344 e. The molecular formula is C32H17NO2. The molecule has 35 heavy (non-hydrogen) atoms. The van der Waals surface area contributed by atoms with Gasteiger partial charge in [0.25, 0.3) is 0 Å². The number of benzene rings is 5. The van der Waals surface area contributed by atoms with Crippen molar-refractivity contribution in [3.8, 4) is 29.0 Å². The molecule has 5 aromatic carbocycles. The van der Waals surface area contributed by atoms with Crippen molar-refractivity contribution in [2.75, 3.05) is 0 Å². The van der Waals surface area contributed by atoms with Crippen LogP contribution in [0.1, 0.15) is 16.7 Å². The van der Waals surface area contributed by atoms with Gasteiger partial charge in [0.15, 0.2) is 0 Å². The van der Waals surface area contributed by atoms with Crippen molar-refractivity contribution in [3.05, 3.63) is 130 Å². The van der Waals surface area contributed by atoms with E-state index in [4.69, 9.17) is 9.68 Å². The predicted molar refractivity (Wildman–Crippen MR) is 140 cm³/mol. The zero-order valence-electron chi connectivity index (χ0n) is 18.6. The van der Waals surface area contributed by atoms with E-state index in [2.05, 4.69) is 30.0 Å². The lowest BCUT2D eigenvalue weighted by Gasteiger charge is -2.12. The summed E-state index contributed by atoms with van der Waals surface area (Å²) in [7, 11) is 0. The van der Waals surface area contributed by atoms with Crippen molar-refractivity contribution >= 4 is 32.5 Å². The molecule has 3 nitrogen and oxygen atoms in total. The van der Waals surface area contributed by atoms with Crippen LogP contribution in [0.2, 0.25) is 0 Å². The van der Waals surface area contributed by atoms with Gasteiger partial charge in [-0.25, -0.2) is 4.79 Å². The number of nitrogens with zero attached hydrogens (tertiary/aromatic N) is 1. The Labute approximate surface area is 201 Å². The van der Waals surface area contributed by atoms with Gasteiger partial charge in [-0.15, -0.1) is 0 Å². The van der Waals surface area contributed by atoms with E-state index in [1.165, 1.54) is 0 Å². The third kappa shape index (κ3) is 3.62. The molecule has 0 unspecified atom stereocenters. The Morgan fingerprint density at radius 2 is 1.31 bits per heavy atom. The lowest BCUT2D eigenvalue weighted by atomic mass is 9.91. The second-order valence-electron chi connectivity index (χ2n) is 8.30. The van der Waals surface area contributed by atoms with E-state index in [1.54, 1.807) is 12.1 Å². The number of rotatable bonds is 1. The molecule has 0 saturated heterocycles. The number of fused-ring (bicyclic) bond motifs is 4. The third-order valence-corrected chi connectivity index (χ3v) is 6.16. The molecule has 0 N–H and O–H groups in total. The van der Waals surface area contributed by atoms with Crippen molar-refractivity contribution in [2.24, 2.45) is 0 Å². The highest BCUT2D eigenvalue weighted by molar-refractivity contribution is 6.18.